The van der Waals surface area contributed by atoms with Crippen LogP contribution in [0, 0.1) is 16.4 Å². The molecule has 1 rings (SSSR count). The number of halogens is 1. The lowest BCUT2D eigenvalue weighted by Gasteiger charge is -2.18. The van der Waals surface area contributed by atoms with Crippen molar-refractivity contribution in [1.29, 1.82) is 0 Å². The molecule has 72 valence electrons. The Kier molecular flexibility index (Phi) is 3.74. The third-order valence-electron chi connectivity index (χ3n) is 2.32. The van der Waals surface area contributed by atoms with Gasteiger partial charge in [0, 0.05) is 9.61 Å². The Hall–Kier alpha value is -0.0900. The summed E-state index contributed by atoms with van der Waals surface area (Å²) in [7, 11) is 0. The van der Waals surface area contributed by atoms with Crippen LogP contribution in [0.2, 0.25) is 0 Å². The molecule has 2 N–H and O–H groups in total. The van der Waals surface area contributed by atoms with Crippen molar-refractivity contribution in [2.45, 2.75) is 26.8 Å². The summed E-state index contributed by atoms with van der Waals surface area (Å²) in [5.74, 6) is 0.497. The third kappa shape index (κ3) is 2.68. The highest BCUT2D eigenvalue weighted by Gasteiger charge is 2.12. The first kappa shape index (κ1) is 11.0. The SMILES string of the molecule is Cc1ccc(I)cc1[C@@H](N)C(C)C. The average molecular weight is 289 g/mol. The summed E-state index contributed by atoms with van der Waals surface area (Å²) in [6.45, 7) is 6.43. The van der Waals surface area contributed by atoms with Crippen LogP contribution in [-0.2, 0) is 0 Å². The molecule has 0 radical (unpaired) electrons. The van der Waals surface area contributed by atoms with Gasteiger partial charge in [-0.05, 0) is 58.7 Å². The van der Waals surface area contributed by atoms with Crippen molar-refractivity contribution < 1.29 is 0 Å². The predicted octanol–water partition coefficient (Wildman–Crippen LogP) is 3.26. The molecule has 0 saturated heterocycles. The van der Waals surface area contributed by atoms with E-state index in [1.807, 2.05) is 0 Å². The zero-order valence-corrected chi connectivity index (χ0v) is 10.5. The largest absolute Gasteiger partial charge is 0.324 e. The molecule has 0 bridgehead atoms. The van der Waals surface area contributed by atoms with E-state index in [0.29, 0.717) is 5.92 Å². The lowest BCUT2D eigenvalue weighted by atomic mass is 9.94. The highest BCUT2D eigenvalue weighted by Crippen LogP contribution is 2.23. The number of rotatable bonds is 2. The first-order valence-corrected chi connectivity index (χ1v) is 5.62. The van der Waals surface area contributed by atoms with Crippen molar-refractivity contribution in [3.05, 3.63) is 32.9 Å². The molecule has 0 aliphatic rings. The first-order valence-electron chi connectivity index (χ1n) is 4.54. The van der Waals surface area contributed by atoms with Crippen LogP contribution in [-0.4, -0.2) is 0 Å². The van der Waals surface area contributed by atoms with Crippen LogP contribution >= 0.6 is 22.6 Å². The van der Waals surface area contributed by atoms with E-state index < -0.39 is 0 Å². The molecule has 13 heavy (non-hydrogen) atoms. The second-order valence-electron chi connectivity index (χ2n) is 3.77. The smallest absolute Gasteiger partial charge is 0.0321 e. The lowest BCUT2D eigenvalue weighted by molar-refractivity contribution is 0.512. The van der Waals surface area contributed by atoms with E-state index in [2.05, 4.69) is 61.6 Å². The zero-order chi connectivity index (χ0) is 10.0. The summed E-state index contributed by atoms with van der Waals surface area (Å²) in [6.07, 6.45) is 0. The van der Waals surface area contributed by atoms with Gasteiger partial charge in [-0.2, -0.15) is 0 Å². The molecule has 0 spiro atoms. The zero-order valence-electron chi connectivity index (χ0n) is 8.34. The Morgan fingerprint density at radius 3 is 2.46 bits per heavy atom. The third-order valence-corrected chi connectivity index (χ3v) is 2.99. The topological polar surface area (TPSA) is 26.0 Å². The number of aryl methyl sites for hydroxylation is 1. The molecule has 1 nitrogen and oxygen atoms in total. The van der Waals surface area contributed by atoms with Gasteiger partial charge in [-0.25, -0.2) is 0 Å². The van der Waals surface area contributed by atoms with Gasteiger partial charge in [0.1, 0.15) is 0 Å². The van der Waals surface area contributed by atoms with E-state index in [0.717, 1.165) is 0 Å². The molecule has 0 unspecified atom stereocenters. The molecule has 0 aromatic heterocycles. The Balaban J connectivity index is 3.05. The Bertz CT molecular complexity index is 294. The highest BCUT2D eigenvalue weighted by atomic mass is 127. The normalized spacial score (nSPS) is 13.4. The van der Waals surface area contributed by atoms with Crippen LogP contribution in [0.15, 0.2) is 18.2 Å². The number of nitrogens with two attached hydrogens (primary N) is 1. The van der Waals surface area contributed by atoms with Gasteiger partial charge in [0.15, 0.2) is 0 Å². The summed E-state index contributed by atoms with van der Waals surface area (Å²) in [6, 6.07) is 6.60. The molecule has 2 heteroatoms. The van der Waals surface area contributed by atoms with E-state index in [-0.39, 0.29) is 6.04 Å². The van der Waals surface area contributed by atoms with Crippen LogP contribution in [0.3, 0.4) is 0 Å². The van der Waals surface area contributed by atoms with E-state index in [4.69, 9.17) is 5.73 Å². The summed E-state index contributed by atoms with van der Waals surface area (Å²) in [4.78, 5) is 0. The van der Waals surface area contributed by atoms with Gasteiger partial charge < -0.3 is 5.73 Å². The molecule has 0 heterocycles. The van der Waals surface area contributed by atoms with Crippen LogP contribution in [0.1, 0.15) is 31.0 Å². The van der Waals surface area contributed by atoms with Gasteiger partial charge in [0.05, 0.1) is 0 Å². The first-order chi connectivity index (χ1) is 6.02. The maximum Gasteiger partial charge on any atom is 0.0321 e. The molecule has 0 saturated carbocycles. The van der Waals surface area contributed by atoms with Crippen molar-refractivity contribution in [2.75, 3.05) is 0 Å². The Morgan fingerprint density at radius 1 is 1.31 bits per heavy atom. The van der Waals surface area contributed by atoms with E-state index in [9.17, 15) is 0 Å². The fraction of sp³-hybridized carbons (Fsp3) is 0.455. The average Bonchev–Trinajstić information content (AvgIpc) is 2.08. The highest BCUT2D eigenvalue weighted by molar-refractivity contribution is 14.1. The van der Waals surface area contributed by atoms with Crippen molar-refractivity contribution in [2.24, 2.45) is 11.7 Å². The number of hydrogen-bond acceptors (Lipinski definition) is 1. The molecular weight excluding hydrogens is 273 g/mol. The van der Waals surface area contributed by atoms with Crippen molar-refractivity contribution in [3.63, 3.8) is 0 Å². The lowest BCUT2D eigenvalue weighted by Crippen LogP contribution is -2.17. The fourth-order valence-electron chi connectivity index (χ4n) is 1.33. The maximum absolute atomic E-state index is 6.10. The number of benzene rings is 1. The van der Waals surface area contributed by atoms with Crippen molar-refractivity contribution in [1.82, 2.24) is 0 Å². The van der Waals surface area contributed by atoms with E-state index >= 15 is 0 Å². The summed E-state index contributed by atoms with van der Waals surface area (Å²) in [5, 5.41) is 0. The minimum Gasteiger partial charge on any atom is -0.324 e. The Morgan fingerprint density at radius 2 is 1.92 bits per heavy atom. The molecule has 1 aromatic rings. The van der Waals surface area contributed by atoms with Crippen molar-refractivity contribution >= 4 is 22.6 Å². The van der Waals surface area contributed by atoms with Gasteiger partial charge >= 0.3 is 0 Å². The van der Waals surface area contributed by atoms with Crippen LogP contribution in [0.4, 0.5) is 0 Å². The predicted molar refractivity (Wildman–Crippen MR) is 65.7 cm³/mol. The molecule has 0 fully saturated rings. The fourth-order valence-corrected chi connectivity index (χ4v) is 1.84. The van der Waals surface area contributed by atoms with Crippen LogP contribution in [0.5, 0.6) is 0 Å². The second-order valence-corrected chi connectivity index (χ2v) is 5.02. The summed E-state index contributed by atoms with van der Waals surface area (Å²) < 4.78 is 1.26. The monoisotopic (exact) mass is 289 g/mol. The van der Waals surface area contributed by atoms with Gasteiger partial charge in [-0.3, -0.25) is 0 Å². The molecule has 1 aromatic carbocycles. The minimum atomic E-state index is 0.162. The Labute approximate surface area is 93.9 Å². The molecular formula is C11H16IN. The van der Waals surface area contributed by atoms with E-state index in [1.54, 1.807) is 0 Å². The standard InChI is InChI=1S/C11H16IN/c1-7(2)11(13)10-6-9(12)5-4-8(10)3/h4-7,11H,13H2,1-3H3/t11-/m0/s1. The van der Waals surface area contributed by atoms with Gasteiger partial charge in [-0.1, -0.05) is 19.9 Å². The maximum atomic E-state index is 6.10. The minimum absolute atomic E-state index is 0.162. The van der Waals surface area contributed by atoms with Gasteiger partial charge in [0.2, 0.25) is 0 Å². The van der Waals surface area contributed by atoms with Crippen LogP contribution in [0.25, 0.3) is 0 Å². The molecule has 1 atom stereocenters. The van der Waals surface area contributed by atoms with Gasteiger partial charge in [0.25, 0.3) is 0 Å². The molecule has 0 amide bonds. The molecule has 0 aliphatic carbocycles. The summed E-state index contributed by atoms with van der Waals surface area (Å²) in [5.41, 5.74) is 8.68. The second kappa shape index (κ2) is 4.42. The van der Waals surface area contributed by atoms with Gasteiger partial charge in [-0.15, -0.1) is 0 Å². The summed E-state index contributed by atoms with van der Waals surface area (Å²) >= 11 is 2.32. The van der Waals surface area contributed by atoms with Crippen molar-refractivity contribution in [3.8, 4) is 0 Å². The number of hydrogen-bond donors (Lipinski definition) is 1. The molecule has 0 aliphatic heterocycles. The van der Waals surface area contributed by atoms with Crippen LogP contribution < -0.4 is 5.73 Å². The van der Waals surface area contributed by atoms with E-state index in [1.165, 1.54) is 14.7 Å². The quantitative estimate of drug-likeness (QED) is 0.831.